The fraction of sp³-hybridized carbons (Fsp3) is 0.533. The predicted molar refractivity (Wildman–Crippen MR) is 86.1 cm³/mol. The molecule has 1 heterocycles. The molecule has 0 unspecified atom stereocenters. The van der Waals surface area contributed by atoms with Crippen molar-refractivity contribution in [3.63, 3.8) is 0 Å². The summed E-state index contributed by atoms with van der Waals surface area (Å²) in [4.78, 5) is 13.6. The van der Waals surface area contributed by atoms with E-state index < -0.39 is 10.0 Å². The molecule has 1 aliphatic rings. The molecular weight excluding hydrogens is 302 g/mol. The van der Waals surface area contributed by atoms with Crippen molar-refractivity contribution in [3.05, 3.63) is 35.4 Å². The minimum absolute atomic E-state index is 0.0231. The van der Waals surface area contributed by atoms with Crippen LogP contribution in [0.25, 0.3) is 0 Å². The Bertz CT molecular complexity index is 613. The zero-order valence-corrected chi connectivity index (χ0v) is 13.9. The van der Waals surface area contributed by atoms with Crippen LogP contribution in [-0.2, 0) is 15.8 Å². The molecule has 0 bridgehead atoms. The number of nitrogens with zero attached hydrogens (tertiary/aromatic N) is 2. The third-order valence-electron chi connectivity index (χ3n) is 3.86. The maximum Gasteiger partial charge on any atom is 0.251 e. The lowest BCUT2D eigenvalue weighted by atomic mass is 10.1. The van der Waals surface area contributed by atoms with Crippen molar-refractivity contribution in [2.75, 3.05) is 40.3 Å². The third-order valence-corrected chi connectivity index (χ3v) is 5.71. The molecule has 1 aromatic carbocycles. The van der Waals surface area contributed by atoms with Gasteiger partial charge in [-0.1, -0.05) is 12.1 Å². The van der Waals surface area contributed by atoms with Gasteiger partial charge in [-0.05, 0) is 37.7 Å². The molecule has 0 aliphatic carbocycles. The first-order valence-corrected chi connectivity index (χ1v) is 9.00. The van der Waals surface area contributed by atoms with E-state index in [9.17, 15) is 13.2 Å². The highest BCUT2D eigenvalue weighted by atomic mass is 32.2. The van der Waals surface area contributed by atoms with Crippen molar-refractivity contribution in [3.8, 4) is 0 Å². The molecule has 0 saturated carbocycles. The highest BCUT2D eigenvalue weighted by molar-refractivity contribution is 7.88. The smallest absolute Gasteiger partial charge is 0.251 e. The van der Waals surface area contributed by atoms with E-state index in [-0.39, 0.29) is 11.7 Å². The molecule has 1 saturated heterocycles. The molecule has 0 radical (unpaired) electrons. The average molecular weight is 325 g/mol. The minimum atomic E-state index is -3.32. The van der Waals surface area contributed by atoms with Gasteiger partial charge in [0.15, 0.2) is 0 Å². The zero-order chi connectivity index (χ0) is 16.2. The third kappa shape index (κ3) is 4.28. The SMILES string of the molecule is CNC(=O)c1ccc(CS(=O)(=O)N2CCCN(C)CC2)cc1. The lowest BCUT2D eigenvalue weighted by molar-refractivity contribution is 0.0963. The minimum Gasteiger partial charge on any atom is -0.355 e. The highest BCUT2D eigenvalue weighted by Crippen LogP contribution is 2.14. The Kier molecular flexibility index (Phi) is 5.55. The molecule has 2 rings (SSSR count). The first kappa shape index (κ1) is 16.9. The summed E-state index contributed by atoms with van der Waals surface area (Å²) in [7, 11) is 0.258. The second kappa shape index (κ2) is 7.21. The van der Waals surface area contributed by atoms with E-state index in [1.807, 2.05) is 7.05 Å². The second-order valence-corrected chi connectivity index (χ2v) is 7.56. The predicted octanol–water partition coefficient (Wildman–Crippen LogP) is 0.514. The van der Waals surface area contributed by atoms with Gasteiger partial charge in [-0.25, -0.2) is 12.7 Å². The van der Waals surface area contributed by atoms with Crippen molar-refractivity contribution in [2.45, 2.75) is 12.2 Å². The van der Waals surface area contributed by atoms with E-state index in [2.05, 4.69) is 10.2 Å². The fourth-order valence-electron chi connectivity index (χ4n) is 2.50. The molecule has 6 nitrogen and oxygen atoms in total. The molecule has 1 aliphatic heterocycles. The summed E-state index contributed by atoms with van der Waals surface area (Å²) in [6.45, 7) is 2.79. The van der Waals surface area contributed by atoms with Crippen molar-refractivity contribution in [1.82, 2.24) is 14.5 Å². The zero-order valence-electron chi connectivity index (χ0n) is 13.1. The van der Waals surface area contributed by atoms with E-state index in [1.165, 1.54) is 0 Å². The van der Waals surface area contributed by atoms with Crippen LogP contribution in [0.4, 0.5) is 0 Å². The summed E-state index contributed by atoms with van der Waals surface area (Å²) in [6, 6.07) is 6.71. The average Bonchev–Trinajstić information content (AvgIpc) is 2.72. The van der Waals surface area contributed by atoms with Gasteiger partial charge in [-0.15, -0.1) is 0 Å². The maximum absolute atomic E-state index is 12.5. The molecule has 0 spiro atoms. The number of benzene rings is 1. The highest BCUT2D eigenvalue weighted by Gasteiger charge is 2.24. The van der Waals surface area contributed by atoms with Gasteiger partial charge in [0.05, 0.1) is 5.75 Å². The van der Waals surface area contributed by atoms with Crippen LogP contribution in [0.5, 0.6) is 0 Å². The molecule has 0 aromatic heterocycles. The lowest BCUT2D eigenvalue weighted by Crippen LogP contribution is -2.35. The Balaban J connectivity index is 2.06. The fourth-order valence-corrected chi connectivity index (χ4v) is 4.06. The van der Waals surface area contributed by atoms with Crippen LogP contribution in [0.3, 0.4) is 0 Å². The van der Waals surface area contributed by atoms with E-state index in [0.29, 0.717) is 24.2 Å². The van der Waals surface area contributed by atoms with Gasteiger partial charge in [0, 0.05) is 32.2 Å². The van der Waals surface area contributed by atoms with Gasteiger partial charge in [0.1, 0.15) is 0 Å². The van der Waals surface area contributed by atoms with Crippen LogP contribution in [0.2, 0.25) is 0 Å². The molecule has 1 N–H and O–H groups in total. The summed E-state index contributed by atoms with van der Waals surface area (Å²) in [5.74, 6) is -0.199. The number of hydrogen-bond donors (Lipinski definition) is 1. The molecular formula is C15H23N3O3S. The molecule has 22 heavy (non-hydrogen) atoms. The van der Waals surface area contributed by atoms with Crippen LogP contribution in [0.1, 0.15) is 22.3 Å². The van der Waals surface area contributed by atoms with Gasteiger partial charge in [-0.3, -0.25) is 4.79 Å². The van der Waals surface area contributed by atoms with E-state index in [4.69, 9.17) is 0 Å². The number of hydrogen-bond acceptors (Lipinski definition) is 4. The van der Waals surface area contributed by atoms with E-state index in [0.717, 1.165) is 19.5 Å². The van der Waals surface area contributed by atoms with Crippen LogP contribution < -0.4 is 5.32 Å². The first-order valence-electron chi connectivity index (χ1n) is 7.40. The Morgan fingerprint density at radius 3 is 2.45 bits per heavy atom. The lowest BCUT2D eigenvalue weighted by Gasteiger charge is -2.20. The number of carbonyl (C=O) groups is 1. The van der Waals surface area contributed by atoms with Gasteiger partial charge in [0.2, 0.25) is 10.0 Å². The van der Waals surface area contributed by atoms with Crippen molar-refractivity contribution in [2.24, 2.45) is 0 Å². The summed E-state index contributed by atoms with van der Waals surface area (Å²) < 4.78 is 26.6. The Hall–Kier alpha value is -1.44. The van der Waals surface area contributed by atoms with Crippen LogP contribution in [0, 0.1) is 0 Å². The Labute approximate surface area is 132 Å². The number of amides is 1. The van der Waals surface area contributed by atoms with Crippen molar-refractivity contribution in [1.29, 1.82) is 0 Å². The number of likely N-dealkylation sites (N-methyl/N-ethyl adjacent to an activating group) is 1. The Morgan fingerprint density at radius 2 is 1.82 bits per heavy atom. The summed E-state index contributed by atoms with van der Waals surface area (Å²) in [6.07, 6.45) is 0.853. The summed E-state index contributed by atoms with van der Waals surface area (Å²) in [5, 5.41) is 2.54. The molecule has 1 aromatic rings. The maximum atomic E-state index is 12.5. The number of carbonyl (C=O) groups excluding carboxylic acids is 1. The van der Waals surface area contributed by atoms with Gasteiger partial charge >= 0.3 is 0 Å². The normalized spacial score (nSPS) is 17.9. The number of nitrogens with one attached hydrogen (secondary N) is 1. The van der Waals surface area contributed by atoms with Gasteiger partial charge in [-0.2, -0.15) is 0 Å². The summed E-state index contributed by atoms with van der Waals surface area (Å²) >= 11 is 0. The molecule has 1 fully saturated rings. The van der Waals surface area contributed by atoms with Gasteiger partial charge < -0.3 is 10.2 Å². The van der Waals surface area contributed by atoms with Crippen LogP contribution in [0.15, 0.2) is 24.3 Å². The monoisotopic (exact) mass is 325 g/mol. The second-order valence-electron chi connectivity index (χ2n) is 5.59. The molecule has 122 valence electrons. The first-order chi connectivity index (χ1) is 10.4. The van der Waals surface area contributed by atoms with Gasteiger partial charge in [0.25, 0.3) is 5.91 Å². The van der Waals surface area contributed by atoms with Crippen LogP contribution in [-0.4, -0.2) is 63.8 Å². The quantitative estimate of drug-likeness (QED) is 0.876. The van der Waals surface area contributed by atoms with Crippen LogP contribution >= 0.6 is 0 Å². The van der Waals surface area contributed by atoms with Crippen molar-refractivity contribution < 1.29 is 13.2 Å². The largest absolute Gasteiger partial charge is 0.355 e. The summed E-state index contributed by atoms with van der Waals surface area (Å²) in [5.41, 5.74) is 1.23. The molecule has 1 amide bonds. The standard InChI is InChI=1S/C15H23N3O3S/c1-16-15(19)14-6-4-13(5-7-14)12-22(20,21)18-9-3-8-17(2)10-11-18/h4-7H,3,8-12H2,1-2H3,(H,16,19). The van der Waals surface area contributed by atoms with Crippen molar-refractivity contribution >= 4 is 15.9 Å². The number of sulfonamides is 1. The van der Waals surface area contributed by atoms with E-state index >= 15 is 0 Å². The molecule has 7 heteroatoms. The Morgan fingerprint density at radius 1 is 1.14 bits per heavy atom. The molecule has 0 atom stereocenters. The van der Waals surface area contributed by atoms with E-state index in [1.54, 1.807) is 35.6 Å². The number of rotatable bonds is 4. The topological polar surface area (TPSA) is 69.7 Å².